The van der Waals surface area contributed by atoms with Gasteiger partial charge in [0, 0.05) is 5.02 Å². The molecule has 1 heterocycles. The van der Waals surface area contributed by atoms with Crippen LogP contribution in [0.5, 0.6) is 5.75 Å². The van der Waals surface area contributed by atoms with Gasteiger partial charge in [-0.2, -0.15) is 0 Å². The zero-order valence-electron chi connectivity index (χ0n) is 9.88. The molecule has 100 valence electrons. The maximum Gasteiger partial charge on any atom is 0.151 e. The summed E-state index contributed by atoms with van der Waals surface area (Å²) in [5, 5.41) is 4.21. The van der Waals surface area contributed by atoms with Crippen LogP contribution in [0.2, 0.25) is 15.1 Å². The van der Waals surface area contributed by atoms with Crippen molar-refractivity contribution in [3.8, 4) is 5.75 Å². The van der Waals surface area contributed by atoms with E-state index in [1.807, 2.05) is 0 Å². The quantitative estimate of drug-likeness (QED) is 0.882. The summed E-state index contributed by atoms with van der Waals surface area (Å²) in [6, 6.07) is 6.67. The Balaban J connectivity index is 2.41. The van der Waals surface area contributed by atoms with Crippen molar-refractivity contribution in [1.82, 2.24) is 4.98 Å². The van der Waals surface area contributed by atoms with E-state index in [1.54, 1.807) is 25.3 Å². The molecule has 0 bridgehead atoms. The molecule has 4 nitrogen and oxygen atoms in total. The van der Waals surface area contributed by atoms with Crippen molar-refractivity contribution in [3.63, 3.8) is 0 Å². The molecule has 7 heteroatoms. The first-order valence-corrected chi connectivity index (χ1v) is 6.36. The van der Waals surface area contributed by atoms with E-state index in [0.717, 1.165) is 0 Å². The molecule has 2 rings (SSSR count). The van der Waals surface area contributed by atoms with Crippen LogP contribution in [0, 0.1) is 0 Å². The number of nitrogens with zero attached hydrogens (tertiary/aromatic N) is 1. The maximum absolute atomic E-state index is 6.05. The maximum atomic E-state index is 6.05. The van der Waals surface area contributed by atoms with Crippen molar-refractivity contribution in [3.05, 3.63) is 39.3 Å². The summed E-state index contributed by atoms with van der Waals surface area (Å²) >= 11 is 17.8. The van der Waals surface area contributed by atoms with Crippen LogP contribution in [0.1, 0.15) is 0 Å². The third kappa shape index (κ3) is 3.15. The zero-order chi connectivity index (χ0) is 14.0. The monoisotopic (exact) mass is 317 g/mol. The SMILES string of the molecule is COc1ccc(Cl)cc1Nc1nc(N)c(Cl)cc1Cl. The highest BCUT2D eigenvalue weighted by Crippen LogP contribution is 2.34. The Morgan fingerprint density at radius 2 is 1.89 bits per heavy atom. The van der Waals surface area contributed by atoms with Crippen LogP contribution >= 0.6 is 34.8 Å². The Bertz CT molecular complexity index is 619. The minimum absolute atomic E-state index is 0.189. The van der Waals surface area contributed by atoms with Gasteiger partial charge in [-0.3, -0.25) is 0 Å². The fourth-order valence-corrected chi connectivity index (χ4v) is 2.05. The van der Waals surface area contributed by atoms with Gasteiger partial charge in [-0.05, 0) is 24.3 Å². The first kappa shape index (κ1) is 14.1. The lowest BCUT2D eigenvalue weighted by Gasteiger charge is -2.12. The Morgan fingerprint density at radius 1 is 1.16 bits per heavy atom. The van der Waals surface area contributed by atoms with E-state index in [9.17, 15) is 0 Å². The Hall–Kier alpha value is -1.36. The van der Waals surface area contributed by atoms with E-state index >= 15 is 0 Å². The number of anilines is 3. The largest absolute Gasteiger partial charge is 0.495 e. The number of nitrogens with two attached hydrogens (primary N) is 1. The van der Waals surface area contributed by atoms with E-state index < -0.39 is 0 Å². The number of methoxy groups -OCH3 is 1. The van der Waals surface area contributed by atoms with Crippen LogP contribution < -0.4 is 15.8 Å². The van der Waals surface area contributed by atoms with Gasteiger partial charge in [-0.15, -0.1) is 0 Å². The summed E-state index contributed by atoms with van der Waals surface area (Å²) in [7, 11) is 1.56. The number of benzene rings is 1. The van der Waals surface area contributed by atoms with E-state index in [-0.39, 0.29) is 5.82 Å². The molecule has 3 N–H and O–H groups in total. The Kier molecular flexibility index (Phi) is 4.24. The number of pyridine rings is 1. The second kappa shape index (κ2) is 5.74. The van der Waals surface area contributed by atoms with Gasteiger partial charge in [0.05, 0.1) is 22.8 Å². The number of aromatic nitrogens is 1. The zero-order valence-corrected chi connectivity index (χ0v) is 12.1. The highest BCUT2D eigenvalue weighted by molar-refractivity contribution is 6.37. The van der Waals surface area contributed by atoms with Crippen LogP contribution in [-0.2, 0) is 0 Å². The minimum atomic E-state index is 0.189. The molecule has 1 aromatic heterocycles. The number of rotatable bonds is 3. The molecule has 0 saturated carbocycles. The van der Waals surface area contributed by atoms with Crippen LogP contribution in [0.15, 0.2) is 24.3 Å². The lowest BCUT2D eigenvalue weighted by atomic mass is 10.3. The topological polar surface area (TPSA) is 60.2 Å². The smallest absolute Gasteiger partial charge is 0.151 e. The van der Waals surface area contributed by atoms with Gasteiger partial charge >= 0.3 is 0 Å². The van der Waals surface area contributed by atoms with E-state index in [4.69, 9.17) is 45.3 Å². The predicted molar refractivity (Wildman–Crippen MR) is 80.0 cm³/mol. The number of hydrogen-bond acceptors (Lipinski definition) is 4. The number of halogens is 3. The third-order valence-electron chi connectivity index (χ3n) is 2.37. The lowest BCUT2D eigenvalue weighted by molar-refractivity contribution is 0.417. The van der Waals surface area contributed by atoms with Crippen LogP contribution in [0.3, 0.4) is 0 Å². The fraction of sp³-hybridized carbons (Fsp3) is 0.0833. The summed E-state index contributed by atoms with van der Waals surface area (Å²) in [6.07, 6.45) is 0. The molecule has 0 unspecified atom stereocenters. The minimum Gasteiger partial charge on any atom is -0.495 e. The summed E-state index contributed by atoms with van der Waals surface area (Å²) in [6.45, 7) is 0. The predicted octanol–water partition coefficient (Wildman–Crippen LogP) is 4.38. The number of ether oxygens (including phenoxy) is 1. The molecule has 0 spiro atoms. The first-order chi connectivity index (χ1) is 9.01. The summed E-state index contributed by atoms with van der Waals surface area (Å²) in [5.74, 6) is 1.18. The number of nitrogens with one attached hydrogen (secondary N) is 1. The van der Waals surface area contributed by atoms with E-state index in [1.165, 1.54) is 6.07 Å². The molecule has 0 aliphatic carbocycles. The number of hydrogen-bond donors (Lipinski definition) is 2. The standard InChI is InChI=1S/C12H10Cl3N3O/c1-19-10-3-2-6(13)4-9(10)17-12-8(15)5-7(14)11(16)18-12/h2-5H,1H3,(H3,16,17,18). The molecular formula is C12H10Cl3N3O. The average Bonchev–Trinajstić information content (AvgIpc) is 2.36. The van der Waals surface area contributed by atoms with E-state index in [0.29, 0.717) is 32.3 Å². The fourth-order valence-electron chi connectivity index (χ4n) is 1.47. The third-order valence-corrected chi connectivity index (χ3v) is 3.20. The highest BCUT2D eigenvalue weighted by atomic mass is 35.5. The molecule has 0 atom stereocenters. The highest BCUT2D eigenvalue weighted by Gasteiger charge is 2.10. The second-order valence-electron chi connectivity index (χ2n) is 3.66. The molecule has 0 radical (unpaired) electrons. The molecule has 19 heavy (non-hydrogen) atoms. The van der Waals surface area contributed by atoms with Gasteiger partial charge < -0.3 is 15.8 Å². The molecule has 0 saturated heterocycles. The Labute approximate surface area is 125 Å². The van der Waals surface area contributed by atoms with Crippen molar-refractivity contribution in [2.24, 2.45) is 0 Å². The van der Waals surface area contributed by atoms with Crippen LogP contribution in [0.25, 0.3) is 0 Å². The second-order valence-corrected chi connectivity index (χ2v) is 4.91. The molecule has 0 aliphatic heterocycles. The molecular weight excluding hydrogens is 309 g/mol. The van der Waals surface area contributed by atoms with Crippen molar-refractivity contribution in [1.29, 1.82) is 0 Å². The first-order valence-electron chi connectivity index (χ1n) is 5.23. The molecule has 0 fully saturated rings. The molecule has 0 amide bonds. The van der Waals surface area contributed by atoms with Crippen LogP contribution in [-0.4, -0.2) is 12.1 Å². The van der Waals surface area contributed by atoms with E-state index in [2.05, 4.69) is 10.3 Å². The van der Waals surface area contributed by atoms with Gasteiger partial charge in [0.2, 0.25) is 0 Å². The van der Waals surface area contributed by atoms with Gasteiger partial charge in [0.25, 0.3) is 0 Å². The van der Waals surface area contributed by atoms with Crippen molar-refractivity contribution in [2.45, 2.75) is 0 Å². The Morgan fingerprint density at radius 3 is 2.58 bits per heavy atom. The van der Waals surface area contributed by atoms with Gasteiger partial charge in [-0.25, -0.2) is 4.98 Å². The van der Waals surface area contributed by atoms with Crippen LogP contribution in [0.4, 0.5) is 17.3 Å². The van der Waals surface area contributed by atoms with Gasteiger partial charge in [0.15, 0.2) is 5.82 Å². The normalized spacial score (nSPS) is 10.3. The summed E-state index contributed by atoms with van der Waals surface area (Å²) in [4.78, 5) is 4.08. The lowest BCUT2D eigenvalue weighted by Crippen LogP contribution is -2.00. The molecule has 2 aromatic rings. The van der Waals surface area contributed by atoms with Crippen molar-refractivity contribution >= 4 is 52.1 Å². The number of nitrogen functional groups attached to an aromatic ring is 1. The van der Waals surface area contributed by atoms with Gasteiger partial charge in [-0.1, -0.05) is 34.8 Å². The molecule has 1 aromatic carbocycles. The van der Waals surface area contributed by atoms with Crippen molar-refractivity contribution in [2.75, 3.05) is 18.2 Å². The molecule has 0 aliphatic rings. The van der Waals surface area contributed by atoms with Gasteiger partial charge in [0.1, 0.15) is 11.6 Å². The average molecular weight is 319 g/mol. The summed E-state index contributed by atoms with van der Waals surface area (Å²) < 4.78 is 5.22. The van der Waals surface area contributed by atoms with Crippen molar-refractivity contribution < 1.29 is 4.74 Å². The summed E-state index contributed by atoms with van der Waals surface area (Å²) in [5.41, 5.74) is 6.28.